The van der Waals surface area contributed by atoms with E-state index in [4.69, 9.17) is 16.3 Å². The summed E-state index contributed by atoms with van der Waals surface area (Å²) in [5, 5.41) is 6.18. The first-order valence-electron chi connectivity index (χ1n) is 11.9. The maximum Gasteiger partial charge on any atom is 0.411 e. The van der Waals surface area contributed by atoms with E-state index in [9.17, 15) is 18.8 Å². The minimum Gasteiger partial charge on any atom is -0.438 e. The van der Waals surface area contributed by atoms with Gasteiger partial charge in [-0.1, -0.05) is 61.8 Å². The Labute approximate surface area is 219 Å². The molecule has 37 heavy (non-hydrogen) atoms. The molecule has 1 aliphatic rings. The van der Waals surface area contributed by atoms with Crippen LogP contribution in [0.4, 0.5) is 14.9 Å². The molecule has 0 saturated carbocycles. The van der Waals surface area contributed by atoms with Crippen LogP contribution in [0, 0.1) is 11.7 Å². The average molecular weight is 524 g/mol. The molecule has 3 aromatic rings. The Kier molecular flexibility index (Phi) is 8.08. The van der Waals surface area contributed by atoms with Gasteiger partial charge in [-0.25, -0.2) is 9.18 Å². The third kappa shape index (κ3) is 6.46. The number of halogens is 2. The van der Waals surface area contributed by atoms with E-state index in [0.717, 1.165) is 5.56 Å². The Morgan fingerprint density at radius 2 is 1.76 bits per heavy atom. The van der Waals surface area contributed by atoms with Gasteiger partial charge in [0.1, 0.15) is 5.82 Å². The Bertz CT molecular complexity index is 1300. The van der Waals surface area contributed by atoms with Gasteiger partial charge >= 0.3 is 6.09 Å². The van der Waals surface area contributed by atoms with Gasteiger partial charge in [-0.05, 0) is 53.1 Å². The topological polar surface area (TPSA) is 87.7 Å². The second kappa shape index (κ2) is 11.4. The summed E-state index contributed by atoms with van der Waals surface area (Å²) in [6, 6.07) is 18.7. The molecule has 192 valence electrons. The lowest BCUT2D eigenvalue weighted by Gasteiger charge is -2.24. The number of cyclic esters (lactones) is 1. The summed E-state index contributed by atoms with van der Waals surface area (Å²) in [6.45, 7) is 3.82. The largest absolute Gasteiger partial charge is 0.438 e. The highest BCUT2D eigenvalue weighted by Gasteiger charge is 2.47. The van der Waals surface area contributed by atoms with Crippen molar-refractivity contribution in [2.75, 3.05) is 5.32 Å². The van der Waals surface area contributed by atoms with Gasteiger partial charge in [0.05, 0.1) is 6.54 Å². The Morgan fingerprint density at radius 1 is 1.03 bits per heavy atom. The molecule has 0 unspecified atom stereocenters. The summed E-state index contributed by atoms with van der Waals surface area (Å²) >= 11 is 6.12. The third-order valence-electron chi connectivity index (χ3n) is 5.98. The molecule has 0 spiro atoms. The lowest BCUT2D eigenvalue weighted by Crippen LogP contribution is -2.46. The van der Waals surface area contributed by atoms with Crippen molar-refractivity contribution >= 4 is 35.2 Å². The number of nitrogens with one attached hydrogen (secondary N) is 2. The van der Waals surface area contributed by atoms with Crippen molar-refractivity contribution in [3.8, 4) is 0 Å². The SMILES string of the molecule is CC(C)C(=O)Nc1cccc([C@H]2OC(=O)N(Cc3cccc(Cl)c3)[C@H]2C(=O)NCc2ccc(F)cc2)c1. The number of hydrogen-bond donors (Lipinski definition) is 2. The molecule has 3 aromatic carbocycles. The van der Waals surface area contributed by atoms with Crippen LogP contribution in [-0.4, -0.2) is 28.8 Å². The summed E-state index contributed by atoms with van der Waals surface area (Å²) in [4.78, 5) is 40.0. The predicted molar refractivity (Wildman–Crippen MR) is 138 cm³/mol. The lowest BCUT2D eigenvalue weighted by molar-refractivity contribution is -0.126. The number of anilines is 1. The van der Waals surface area contributed by atoms with Crippen molar-refractivity contribution in [1.29, 1.82) is 0 Å². The van der Waals surface area contributed by atoms with Crippen LogP contribution in [0.3, 0.4) is 0 Å². The van der Waals surface area contributed by atoms with E-state index in [1.807, 2.05) is 6.07 Å². The third-order valence-corrected chi connectivity index (χ3v) is 6.22. The van der Waals surface area contributed by atoms with Crippen LogP contribution in [0.5, 0.6) is 0 Å². The second-order valence-electron chi connectivity index (χ2n) is 9.12. The minimum absolute atomic E-state index is 0.105. The highest BCUT2D eigenvalue weighted by atomic mass is 35.5. The smallest absolute Gasteiger partial charge is 0.411 e. The van der Waals surface area contributed by atoms with Crippen LogP contribution in [0.15, 0.2) is 72.8 Å². The fourth-order valence-electron chi connectivity index (χ4n) is 4.02. The van der Waals surface area contributed by atoms with Crippen LogP contribution in [0.2, 0.25) is 5.02 Å². The van der Waals surface area contributed by atoms with E-state index in [1.165, 1.54) is 17.0 Å². The van der Waals surface area contributed by atoms with Crippen molar-refractivity contribution in [2.45, 2.75) is 39.1 Å². The number of ether oxygens (including phenoxy) is 1. The normalized spacial score (nSPS) is 17.0. The standard InChI is InChI=1S/C28H27ClFN3O4/c1-17(2)26(34)32-23-8-4-6-20(14-23)25-24(27(35)31-15-18-9-11-22(30)12-10-18)33(28(36)37-25)16-19-5-3-7-21(29)13-19/h3-14,17,24-25H,15-16H2,1-2H3,(H,31,35)(H,32,34)/t24-,25-/m1/s1. The molecule has 1 fully saturated rings. The van der Waals surface area contributed by atoms with Gasteiger partial charge < -0.3 is 15.4 Å². The monoisotopic (exact) mass is 523 g/mol. The molecular formula is C28H27ClFN3O4. The molecule has 0 bridgehead atoms. The molecule has 1 aliphatic heterocycles. The molecule has 0 aliphatic carbocycles. The second-order valence-corrected chi connectivity index (χ2v) is 9.56. The summed E-state index contributed by atoms with van der Waals surface area (Å²) in [5.41, 5.74) is 2.53. The molecule has 9 heteroatoms. The summed E-state index contributed by atoms with van der Waals surface area (Å²) in [7, 11) is 0. The zero-order valence-corrected chi connectivity index (χ0v) is 21.2. The zero-order chi connectivity index (χ0) is 26.5. The van der Waals surface area contributed by atoms with Crippen molar-refractivity contribution in [3.63, 3.8) is 0 Å². The molecule has 1 heterocycles. The summed E-state index contributed by atoms with van der Waals surface area (Å²) in [5.74, 6) is -1.18. The number of amides is 3. The van der Waals surface area contributed by atoms with E-state index in [1.54, 1.807) is 68.4 Å². The first-order chi connectivity index (χ1) is 17.7. The first-order valence-corrected chi connectivity index (χ1v) is 12.2. The Balaban J connectivity index is 1.62. The molecule has 0 radical (unpaired) electrons. The highest BCUT2D eigenvalue weighted by molar-refractivity contribution is 6.30. The first kappa shape index (κ1) is 26.2. The van der Waals surface area contributed by atoms with Gasteiger partial charge in [0, 0.05) is 23.2 Å². The maximum atomic E-state index is 13.5. The Hall–Kier alpha value is -3.91. The highest BCUT2D eigenvalue weighted by Crippen LogP contribution is 2.35. The van der Waals surface area contributed by atoms with Gasteiger partial charge in [-0.2, -0.15) is 0 Å². The number of nitrogens with zero attached hydrogens (tertiary/aromatic N) is 1. The quantitative estimate of drug-likeness (QED) is 0.411. The maximum absolute atomic E-state index is 13.5. The summed E-state index contributed by atoms with van der Waals surface area (Å²) < 4.78 is 19.0. The van der Waals surface area contributed by atoms with Gasteiger partial charge in [0.25, 0.3) is 0 Å². The number of rotatable bonds is 8. The fourth-order valence-corrected chi connectivity index (χ4v) is 4.23. The number of carbonyl (C=O) groups excluding carboxylic acids is 3. The van der Waals surface area contributed by atoms with Crippen molar-refractivity contribution < 1.29 is 23.5 Å². The lowest BCUT2D eigenvalue weighted by atomic mass is 9.99. The van der Waals surface area contributed by atoms with Crippen LogP contribution in [0.25, 0.3) is 0 Å². The van der Waals surface area contributed by atoms with Crippen molar-refractivity contribution in [1.82, 2.24) is 10.2 Å². The number of hydrogen-bond acceptors (Lipinski definition) is 4. The number of benzene rings is 3. The van der Waals surface area contributed by atoms with Gasteiger partial charge in [0.15, 0.2) is 12.1 Å². The summed E-state index contributed by atoms with van der Waals surface area (Å²) in [6.07, 6.45) is -1.57. The van der Waals surface area contributed by atoms with E-state index in [2.05, 4.69) is 10.6 Å². The van der Waals surface area contributed by atoms with Crippen molar-refractivity contribution in [2.24, 2.45) is 5.92 Å². The molecular weight excluding hydrogens is 497 g/mol. The van der Waals surface area contributed by atoms with E-state index < -0.39 is 24.1 Å². The fraction of sp³-hybridized carbons (Fsp3) is 0.250. The number of carbonyl (C=O) groups is 3. The molecule has 1 saturated heterocycles. The predicted octanol–water partition coefficient (Wildman–Crippen LogP) is 5.45. The zero-order valence-electron chi connectivity index (χ0n) is 20.4. The molecule has 3 amide bonds. The Morgan fingerprint density at radius 3 is 2.46 bits per heavy atom. The molecule has 4 rings (SSSR count). The van der Waals surface area contributed by atoms with Crippen LogP contribution >= 0.6 is 11.6 Å². The van der Waals surface area contributed by atoms with E-state index >= 15 is 0 Å². The van der Waals surface area contributed by atoms with Crippen LogP contribution in [0.1, 0.15) is 36.6 Å². The van der Waals surface area contributed by atoms with Crippen LogP contribution < -0.4 is 10.6 Å². The average Bonchev–Trinajstić information content (AvgIpc) is 3.19. The molecule has 2 atom stereocenters. The van der Waals surface area contributed by atoms with Crippen LogP contribution in [-0.2, 0) is 27.4 Å². The minimum atomic E-state index is -0.997. The van der Waals surface area contributed by atoms with Gasteiger partial charge in [-0.3, -0.25) is 14.5 Å². The van der Waals surface area contributed by atoms with Gasteiger partial charge in [-0.15, -0.1) is 0 Å². The van der Waals surface area contributed by atoms with E-state index in [-0.39, 0.29) is 30.7 Å². The van der Waals surface area contributed by atoms with E-state index in [0.29, 0.717) is 21.8 Å². The van der Waals surface area contributed by atoms with Crippen molar-refractivity contribution in [3.05, 3.63) is 100 Å². The molecule has 0 aromatic heterocycles. The molecule has 2 N–H and O–H groups in total. The molecule has 7 nitrogen and oxygen atoms in total. The van der Waals surface area contributed by atoms with Gasteiger partial charge in [0.2, 0.25) is 11.8 Å².